The summed E-state index contributed by atoms with van der Waals surface area (Å²) in [5, 5.41) is 0. The van der Waals surface area contributed by atoms with Gasteiger partial charge < -0.3 is 28.4 Å². The van der Waals surface area contributed by atoms with Crippen LogP contribution >= 0.6 is 0 Å². The summed E-state index contributed by atoms with van der Waals surface area (Å²) in [6.45, 7) is 7.52. The molecule has 39 heavy (non-hydrogen) atoms. The first-order valence-electron chi connectivity index (χ1n) is 13.5. The standard InChI is InChI=1S/C33H42O6/c1-8-18-38-32-28(34-4)20-26(21-29(32)35-5)15-14-24-10-12-25(13-11-24)16-17-27-22-30(36-6)33(39-19-9-2)31(37-7)23(27)3/h10-17,20-23,27H,8-9,18-19H2,1-7H3. The molecule has 1 aliphatic rings. The predicted octanol–water partition coefficient (Wildman–Crippen LogP) is 7.76. The van der Waals surface area contributed by atoms with Crippen molar-refractivity contribution in [3.63, 3.8) is 0 Å². The molecule has 0 aliphatic heterocycles. The maximum atomic E-state index is 5.95. The molecule has 2 aromatic rings. The molecule has 0 amide bonds. The fourth-order valence-electron chi connectivity index (χ4n) is 4.38. The van der Waals surface area contributed by atoms with Gasteiger partial charge in [-0.1, -0.05) is 69.3 Å². The van der Waals surface area contributed by atoms with Gasteiger partial charge >= 0.3 is 0 Å². The van der Waals surface area contributed by atoms with Crippen LogP contribution in [0.25, 0.3) is 18.2 Å². The van der Waals surface area contributed by atoms with E-state index < -0.39 is 0 Å². The van der Waals surface area contributed by atoms with Gasteiger partial charge in [-0.15, -0.1) is 0 Å². The molecule has 0 radical (unpaired) electrons. The summed E-state index contributed by atoms with van der Waals surface area (Å²) in [4.78, 5) is 0. The summed E-state index contributed by atoms with van der Waals surface area (Å²) >= 11 is 0. The molecular formula is C33H42O6. The molecule has 210 valence electrons. The second-order valence-electron chi connectivity index (χ2n) is 9.31. The summed E-state index contributed by atoms with van der Waals surface area (Å²) in [7, 11) is 6.63. The highest BCUT2D eigenvalue weighted by Gasteiger charge is 2.30. The van der Waals surface area contributed by atoms with Crippen molar-refractivity contribution in [2.24, 2.45) is 11.8 Å². The first-order chi connectivity index (χ1) is 19.0. The normalized spacial score (nSPS) is 17.4. The van der Waals surface area contributed by atoms with Gasteiger partial charge in [-0.2, -0.15) is 0 Å². The largest absolute Gasteiger partial charge is 0.497 e. The maximum Gasteiger partial charge on any atom is 0.203 e. The van der Waals surface area contributed by atoms with E-state index in [2.05, 4.69) is 69.3 Å². The molecule has 6 heteroatoms. The highest BCUT2D eigenvalue weighted by Crippen LogP contribution is 2.39. The minimum Gasteiger partial charge on any atom is -0.497 e. The number of hydrogen-bond donors (Lipinski definition) is 0. The Kier molecular flexibility index (Phi) is 11.4. The van der Waals surface area contributed by atoms with Crippen molar-refractivity contribution >= 4 is 18.2 Å². The lowest BCUT2D eigenvalue weighted by Crippen LogP contribution is -2.21. The van der Waals surface area contributed by atoms with E-state index in [9.17, 15) is 0 Å². The van der Waals surface area contributed by atoms with E-state index in [1.54, 1.807) is 28.4 Å². The lowest BCUT2D eigenvalue weighted by Gasteiger charge is -2.29. The van der Waals surface area contributed by atoms with Crippen LogP contribution in [0.4, 0.5) is 0 Å². The second kappa shape index (κ2) is 15.0. The van der Waals surface area contributed by atoms with E-state index in [0.717, 1.165) is 35.3 Å². The Labute approximate surface area is 233 Å². The lowest BCUT2D eigenvalue weighted by atomic mass is 9.86. The topological polar surface area (TPSA) is 55.4 Å². The molecule has 1 aliphatic carbocycles. The molecular weight excluding hydrogens is 492 g/mol. The number of hydrogen-bond acceptors (Lipinski definition) is 6. The van der Waals surface area contributed by atoms with E-state index in [0.29, 0.717) is 42.0 Å². The fraction of sp³-hybridized carbons (Fsp3) is 0.394. The summed E-state index contributed by atoms with van der Waals surface area (Å²) in [6.07, 6.45) is 12.4. The van der Waals surface area contributed by atoms with Crippen molar-refractivity contribution in [2.45, 2.75) is 33.6 Å². The van der Waals surface area contributed by atoms with Gasteiger partial charge in [-0.05, 0) is 47.7 Å². The van der Waals surface area contributed by atoms with Crippen molar-refractivity contribution in [2.75, 3.05) is 41.7 Å². The lowest BCUT2D eigenvalue weighted by molar-refractivity contribution is 0.125. The Morgan fingerprint density at radius 3 is 1.79 bits per heavy atom. The van der Waals surface area contributed by atoms with E-state index in [1.165, 1.54) is 0 Å². The van der Waals surface area contributed by atoms with Gasteiger partial charge in [0.2, 0.25) is 5.75 Å². The zero-order chi connectivity index (χ0) is 28.2. The molecule has 2 unspecified atom stereocenters. The van der Waals surface area contributed by atoms with E-state index in [4.69, 9.17) is 28.4 Å². The average Bonchev–Trinajstić information content (AvgIpc) is 2.97. The minimum atomic E-state index is 0.123. The smallest absolute Gasteiger partial charge is 0.203 e. The van der Waals surface area contributed by atoms with Crippen LogP contribution in [-0.2, 0) is 14.2 Å². The zero-order valence-corrected chi connectivity index (χ0v) is 24.3. The highest BCUT2D eigenvalue weighted by atomic mass is 16.5. The quantitative estimate of drug-likeness (QED) is 0.231. The van der Waals surface area contributed by atoms with Crippen LogP contribution in [0.5, 0.6) is 17.2 Å². The molecule has 0 saturated heterocycles. The van der Waals surface area contributed by atoms with Crippen molar-refractivity contribution in [1.29, 1.82) is 0 Å². The number of benzene rings is 2. The molecule has 0 saturated carbocycles. The summed E-state index contributed by atoms with van der Waals surface area (Å²) in [5.74, 6) is 4.43. The first kappa shape index (κ1) is 29.8. The van der Waals surface area contributed by atoms with Gasteiger partial charge in [0.25, 0.3) is 0 Å². The van der Waals surface area contributed by atoms with E-state index >= 15 is 0 Å². The predicted molar refractivity (Wildman–Crippen MR) is 158 cm³/mol. The van der Waals surface area contributed by atoms with Crippen molar-refractivity contribution in [3.8, 4) is 17.2 Å². The molecule has 2 aromatic carbocycles. The van der Waals surface area contributed by atoms with Crippen LogP contribution in [0.3, 0.4) is 0 Å². The number of allylic oxidation sites excluding steroid dienone is 3. The van der Waals surface area contributed by atoms with Crippen LogP contribution in [-0.4, -0.2) is 41.7 Å². The minimum absolute atomic E-state index is 0.123. The van der Waals surface area contributed by atoms with Gasteiger partial charge in [0, 0.05) is 11.8 Å². The van der Waals surface area contributed by atoms with Crippen molar-refractivity contribution < 1.29 is 28.4 Å². The second-order valence-corrected chi connectivity index (χ2v) is 9.31. The maximum absolute atomic E-state index is 5.95. The molecule has 0 fully saturated rings. The van der Waals surface area contributed by atoms with E-state index in [1.807, 2.05) is 18.2 Å². The van der Waals surface area contributed by atoms with E-state index in [-0.39, 0.29) is 11.8 Å². The fourth-order valence-corrected chi connectivity index (χ4v) is 4.38. The Morgan fingerprint density at radius 2 is 1.26 bits per heavy atom. The zero-order valence-electron chi connectivity index (χ0n) is 24.3. The number of rotatable bonds is 14. The monoisotopic (exact) mass is 534 g/mol. The van der Waals surface area contributed by atoms with Gasteiger partial charge in [0.15, 0.2) is 23.0 Å². The van der Waals surface area contributed by atoms with Gasteiger partial charge in [-0.25, -0.2) is 0 Å². The van der Waals surface area contributed by atoms with Crippen LogP contribution in [0.1, 0.15) is 50.3 Å². The first-order valence-corrected chi connectivity index (χ1v) is 13.5. The van der Waals surface area contributed by atoms with Crippen LogP contribution in [0, 0.1) is 11.8 Å². The van der Waals surface area contributed by atoms with Gasteiger partial charge in [0.05, 0.1) is 41.7 Å². The Bertz CT molecular complexity index is 1160. The molecule has 6 nitrogen and oxygen atoms in total. The van der Waals surface area contributed by atoms with Gasteiger partial charge in [-0.3, -0.25) is 0 Å². The van der Waals surface area contributed by atoms with Crippen molar-refractivity contribution in [1.82, 2.24) is 0 Å². The van der Waals surface area contributed by atoms with Crippen LogP contribution in [0.2, 0.25) is 0 Å². The number of ether oxygens (including phenoxy) is 6. The van der Waals surface area contributed by atoms with Crippen LogP contribution < -0.4 is 14.2 Å². The third kappa shape index (κ3) is 7.62. The molecule has 2 atom stereocenters. The van der Waals surface area contributed by atoms with Crippen molar-refractivity contribution in [3.05, 3.63) is 82.5 Å². The summed E-state index contributed by atoms with van der Waals surface area (Å²) in [5.41, 5.74) is 3.17. The third-order valence-electron chi connectivity index (χ3n) is 6.52. The SMILES string of the molecule is CCCOC1=C(OC)C(C)C(C=Cc2ccc(C=Cc3cc(OC)c(OCCC)c(OC)c3)cc2)C=C1OC. The number of methoxy groups -OCH3 is 4. The summed E-state index contributed by atoms with van der Waals surface area (Å²) in [6, 6.07) is 12.3. The Morgan fingerprint density at radius 1 is 0.692 bits per heavy atom. The van der Waals surface area contributed by atoms with Gasteiger partial charge in [0.1, 0.15) is 5.76 Å². The highest BCUT2D eigenvalue weighted by molar-refractivity contribution is 5.73. The summed E-state index contributed by atoms with van der Waals surface area (Å²) < 4.78 is 34.3. The Hall–Kier alpha value is -3.80. The molecule has 0 bridgehead atoms. The molecule has 0 spiro atoms. The average molecular weight is 535 g/mol. The molecule has 0 aromatic heterocycles. The van der Waals surface area contributed by atoms with Crippen LogP contribution in [0.15, 0.2) is 65.8 Å². The Balaban J connectivity index is 1.74. The molecule has 0 N–H and O–H groups in total. The molecule has 0 heterocycles. The third-order valence-corrected chi connectivity index (χ3v) is 6.52. The molecule has 3 rings (SSSR count).